The second kappa shape index (κ2) is 7.25. The van der Waals surface area contributed by atoms with Crippen LogP contribution in [0.1, 0.15) is 40.5 Å². The van der Waals surface area contributed by atoms with Gasteiger partial charge in [0.05, 0.1) is 0 Å². The smallest absolute Gasteiger partial charge is 0.243 e. The van der Waals surface area contributed by atoms with E-state index in [4.69, 9.17) is 0 Å². The minimum atomic E-state index is -0.366. The lowest BCUT2D eigenvalue weighted by atomic mass is 10.0. The number of nitrogens with one attached hydrogen (secondary N) is 1. The number of nitrogens with zero attached hydrogens (tertiary/aromatic N) is 1. The van der Waals surface area contributed by atoms with E-state index in [0.717, 1.165) is 12.8 Å². The average molecular weight is 228 g/mol. The highest BCUT2D eigenvalue weighted by atomic mass is 16.2. The maximum atomic E-state index is 11.9. The predicted molar refractivity (Wildman–Crippen MR) is 65.0 cm³/mol. The summed E-state index contributed by atoms with van der Waals surface area (Å²) in [5.41, 5.74) is 0. The molecule has 0 aliphatic heterocycles. The van der Waals surface area contributed by atoms with Crippen molar-refractivity contribution in [3.63, 3.8) is 0 Å². The van der Waals surface area contributed by atoms with Crippen LogP contribution in [0, 0.1) is 5.92 Å². The van der Waals surface area contributed by atoms with Crippen molar-refractivity contribution in [2.24, 2.45) is 5.92 Å². The molecule has 0 aromatic carbocycles. The molecule has 16 heavy (non-hydrogen) atoms. The van der Waals surface area contributed by atoms with Crippen LogP contribution < -0.4 is 5.32 Å². The molecule has 1 atom stereocenters. The predicted octanol–water partition coefficient (Wildman–Crippen LogP) is 1.41. The number of likely N-dealkylation sites (N-methyl/N-ethyl adjacent to an activating group) is 1. The van der Waals surface area contributed by atoms with Crippen molar-refractivity contribution in [3.8, 4) is 0 Å². The molecule has 1 N–H and O–H groups in total. The Balaban J connectivity index is 4.41. The molecule has 1 unspecified atom stereocenters. The van der Waals surface area contributed by atoms with Crippen LogP contribution in [0.4, 0.5) is 0 Å². The van der Waals surface area contributed by atoms with Gasteiger partial charge >= 0.3 is 0 Å². The van der Waals surface area contributed by atoms with Crippen molar-refractivity contribution in [3.05, 3.63) is 0 Å². The van der Waals surface area contributed by atoms with Crippen LogP contribution in [0.5, 0.6) is 0 Å². The van der Waals surface area contributed by atoms with Gasteiger partial charge in [-0.2, -0.15) is 0 Å². The second-order valence-corrected chi connectivity index (χ2v) is 4.46. The lowest BCUT2D eigenvalue weighted by Gasteiger charge is -2.29. The summed E-state index contributed by atoms with van der Waals surface area (Å²) in [7, 11) is 1.67. The summed E-state index contributed by atoms with van der Waals surface area (Å²) in [5.74, 6) is -0.0129. The number of unbranched alkanes of at least 4 members (excludes halogenated alkanes) is 1. The van der Waals surface area contributed by atoms with Crippen LogP contribution in [0.25, 0.3) is 0 Å². The number of carbonyl (C=O) groups excluding carboxylic acids is 2. The first-order chi connectivity index (χ1) is 7.41. The van der Waals surface area contributed by atoms with Gasteiger partial charge < -0.3 is 10.2 Å². The van der Waals surface area contributed by atoms with Crippen LogP contribution in [0.3, 0.4) is 0 Å². The summed E-state index contributed by atoms with van der Waals surface area (Å²) < 4.78 is 0. The largest absolute Gasteiger partial charge is 0.354 e. The SMILES string of the molecule is CCCCNC(=O)C(C(C)C)N(C)C(C)=O. The first-order valence-electron chi connectivity index (χ1n) is 5.92. The van der Waals surface area contributed by atoms with Crippen LogP contribution in [-0.4, -0.2) is 36.3 Å². The molecule has 0 fully saturated rings. The summed E-state index contributed by atoms with van der Waals surface area (Å²) in [5, 5.41) is 2.87. The molecule has 0 aromatic rings. The molecular weight excluding hydrogens is 204 g/mol. The van der Waals surface area contributed by atoms with E-state index in [1.807, 2.05) is 13.8 Å². The van der Waals surface area contributed by atoms with Crippen LogP contribution in [0.2, 0.25) is 0 Å². The Morgan fingerprint density at radius 3 is 2.25 bits per heavy atom. The molecule has 0 aromatic heterocycles. The summed E-state index contributed by atoms with van der Waals surface area (Å²) in [6, 6.07) is -0.366. The van der Waals surface area contributed by atoms with Crippen molar-refractivity contribution >= 4 is 11.8 Å². The third-order valence-corrected chi connectivity index (χ3v) is 2.64. The summed E-state index contributed by atoms with van der Waals surface area (Å²) >= 11 is 0. The molecule has 0 radical (unpaired) electrons. The number of hydrogen-bond donors (Lipinski definition) is 1. The maximum absolute atomic E-state index is 11.9. The lowest BCUT2D eigenvalue weighted by molar-refractivity contribution is -0.139. The standard InChI is InChI=1S/C12H24N2O2/c1-6-7-8-13-12(16)11(9(2)3)14(5)10(4)15/h9,11H,6-8H2,1-5H3,(H,13,16). The Morgan fingerprint density at radius 2 is 1.88 bits per heavy atom. The Kier molecular flexibility index (Phi) is 6.77. The maximum Gasteiger partial charge on any atom is 0.243 e. The minimum Gasteiger partial charge on any atom is -0.354 e. The van der Waals surface area contributed by atoms with E-state index in [1.165, 1.54) is 11.8 Å². The number of hydrogen-bond acceptors (Lipinski definition) is 2. The zero-order valence-electron chi connectivity index (χ0n) is 11.0. The molecule has 0 heterocycles. The Labute approximate surface area is 98.4 Å². The molecule has 94 valence electrons. The molecule has 4 heteroatoms. The van der Waals surface area contributed by atoms with E-state index in [0.29, 0.717) is 6.54 Å². The highest BCUT2D eigenvalue weighted by molar-refractivity contribution is 5.86. The summed E-state index contributed by atoms with van der Waals surface area (Å²) in [6.45, 7) is 8.14. The summed E-state index contributed by atoms with van der Waals surface area (Å²) in [4.78, 5) is 24.7. The molecule has 4 nitrogen and oxygen atoms in total. The van der Waals surface area contributed by atoms with Gasteiger partial charge in [-0.25, -0.2) is 0 Å². The van der Waals surface area contributed by atoms with Crippen molar-refractivity contribution < 1.29 is 9.59 Å². The fourth-order valence-corrected chi connectivity index (χ4v) is 1.61. The zero-order chi connectivity index (χ0) is 12.7. The fraction of sp³-hybridized carbons (Fsp3) is 0.833. The van der Waals surface area contributed by atoms with Crippen molar-refractivity contribution in [1.82, 2.24) is 10.2 Å². The van der Waals surface area contributed by atoms with Crippen molar-refractivity contribution in [2.75, 3.05) is 13.6 Å². The van der Waals surface area contributed by atoms with E-state index >= 15 is 0 Å². The Hall–Kier alpha value is -1.06. The molecule has 0 aliphatic rings. The molecule has 0 saturated heterocycles. The molecule has 0 saturated carbocycles. The van der Waals surface area contributed by atoms with Gasteiger partial charge in [0.2, 0.25) is 11.8 Å². The van der Waals surface area contributed by atoms with Gasteiger partial charge in [0.15, 0.2) is 0 Å². The lowest BCUT2D eigenvalue weighted by Crippen LogP contribution is -2.50. The van der Waals surface area contributed by atoms with E-state index < -0.39 is 0 Å². The van der Waals surface area contributed by atoms with Gasteiger partial charge in [0.1, 0.15) is 6.04 Å². The topological polar surface area (TPSA) is 49.4 Å². The van der Waals surface area contributed by atoms with Crippen LogP contribution >= 0.6 is 0 Å². The van der Waals surface area contributed by atoms with Crippen LogP contribution in [0.15, 0.2) is 0 Å². The van der Waals surface area contributed by atoms with Gasteiger partial charge in [0.25, 0.3) is 0 Å². The third kappa shape index (κ3) is 4.64. The van der Waals surface area contributed by atoms with E-state index in [-0.39, 0.29) is 23.8 Å². The molecule has 0 rings (SSSR count). The average Bonchev–Trinajstić information content (AvgIpc) is 2.17. The molecule has 0 spiro atoms. The van der Waals surface area contributed by atoms with E-state index in [2.05, 4.69) is 12.2 Å². The highest BCUT2D eigenvalue weighted by Crippen LogP contribution is 2.09. The zero-order valence-corrected chi connectivity index (χ0v) is 11.0. The van der Waals surface area contributed by atoms with Gasteiger partial charge in [-0.15, -0.1) is 0 Å². The number of carbonyl (C=O) groups is 2. The van der Waals surface area contributed by atoms with Gasteiger partial charge in [-0.3, -0.25) is 9.59 Å². The third-order valence-electron chi connectivity index (χ3n) is 2.64. The number of rotatable bonds is 6. The molecule has 2 amide bonds. The van der Waals surface area contributed by atoms with Crippen molar-refractivity contribution in [2.45, 2.75) is 46.6 Å². The Bertz CT molecular complexity index is 239. The molecule has 0 bridgehead atoms. The summed E-state index contributed by atoms with van der Waals surface area (Å²) in [6.07, 6.45) is 2.02. The van der Waals surface area contributed by atoms with E-state index in [1.54, 1.807) is 7.05 Å². The van der Waals surface area contributed by atoms with Gasteiger partial charge in [-0.1, -0.05) is 27.2 Å². The first kappa shape index (κ1) is 14.9. The van der Waals surface area contributed by atoms with Gasteiger partial charge in [0, 0.05) is 20.5 Å². The van der Waals surface area contributed by atoms with Crippen molar-refractivity contribution in [1.29, 1.82) is 0 Å². The normalized spacial score (nSPS) is 12.4. The Morgan fingerprint density at radius 1 is 1.31 bits per heavy atom. The first-order valence-corrected chi connectivity index (χ1v) is 5.92. The van der Waals surface area contributed by atoms with Crippen LogP contribution in [-0.2, 0) is 9.59 Å². The highest BCUT2D eigenvalue weighted by Gasteiger charge is 2.27. The van der Waals surface area contributed by atoms with Gasteiger partial charge in [-0.05, 0) is 12.3 Å². The number of amides is 2. The molecule has 0 aliphatic carbocycles. The van der Waals surface area contributed by atoms with E-state index in [9.17, 15) is 9.59 Å². The minimum absolute atomic E-state index is 0.0545. The molecular formula is C12H24N2O2. The quantitative estimate of drug-likeness (QED) is 0.699. The monoisotopic (exact) mass is 228 g/mol. The second-order valence-electron chi connectivity index (χ2n) is 4.46. The fourth-order valence-electron chi connectivity index (χ4n) is 1.61.